The fourth-order valence-electron chi connectivity index (χ4n) is 2.48. The highest BCUT2D eigenvalue weighted by molar-refractivity contribution is 4.98. The fourth-order valence-corrected chi connectivity index (χ4v) is 2.48. The van der Waals surface area contributed by atoms with E-state index in [-0.39, 0.29) is 0 Å². The Balaban J connectivity index is 1.98. The Morgan fingerprint density at radius 2 is 2.38 bits per heavy atom. The van der Waals surface area contributed by atoms with Gasteiger partial charge in [-0.2, -0.15) is 0 Å². The van der Waals surface area contributed by atoms with Crippen LogP contribution in [0, 0.1) is 0 Å². The molecule has 1 aromatic rings. The van der Waals surface area contributed by atoms with Crippen LogP contribution in [0.2, 0.25) is 0 Å². The van der Waals surface area contributed by atoms with E-state index in [0.717, 1.165) is 13.1 Å². The molecule has 2 rings (SSSR count). The standard InChI is InChI=1S/C12H22N4/c1-13-7-11-5-3-4-6-16(11)9-12-8-14-10-15(12)2/h8,10-11,13H,3-7,9H2,1-2H3. The van der Waals surface area contributed by atoms with Crippen LogP contribution in [-0.2, 0) is 13.6 Å². The number of hydrogen-bond acceptors (Lipinski definition) is 3. The average Bonchev–Trinajstić information content (AvgIpc) is 2.68. The molecule has 0 aromatic carbocycles. The number of nitrogens with one attached hydrogen (secondary N) is 1. The van der Waals surface area contributed by atoms with Crippen LogP contribution in [0.15, 0.2) is 12.5 Å². The molecule has 0 aliphatic carbocycles. The van der Waals surface area contributed by atoms with Crippen molar-refractivity contribution in [3.63, 3.8) is 0 Å². The number of rotatable bonds is 4. The summed E-state index contributed by atoms with van der Waals surface area (Å²) >= 11 is 0. The van der Waals surface area contributed by atoms with Crippen molar-refractivity contribution in [1.82, 2.24) is 19.8 Å². The first-order chi connectivity index (χ1) is 7.81. The topological polar surface area (TPSA) is 33.1 Å². The van der Waals surface area contributed by atoms with Crippen molar-refractivity contribution < 1.29 is 0 Å². The second-order valence-corrected chi connectivity index (χ2v) is 4.67. The van der Waals surface area contributed by atoms with Crippen molar-refractivity contribution in [2.75, 3.05) is 20.1 Å². The zero-order valence-corrected chi connectivity index (χ0v) is 10.3. The Morgan fingerprint density at radius 3 is 3.06 bits per heavy atom. The number of hydrogen-bond donors (Lipinski definition) is 1. The van der Waals surface area contributed by atoms with Gasteiger partial charge in [0.25, 0.3) is 0 Å². The number of nitrogens with zero attached hydrogens (tertiary/aromatic N) is 3. The number of aromatic nitrogens is 2. The quantitative estimate of drug-likeness (QED) is 0.825. The Bertz CT molecular complexity index is 319. The average molecular weight is 222 g/mol. The number of likely N-dealkylation sites (tertiary alicyclic amines) is 1. The van der Waals surface area contributed by atoms with Gasteiger partial charge in [-0.3, -0.25) is 4.90 Å². The fraction of sp³-hybridized carbons (Fsp3) is 0.750. The first-order valence-corrected chi connectivity index (χ1v) is 6.15. The van der Waals surface area contributed by atoms with Crippen LogP contribution < -0.4 is 5.32 Å². The van der Waals surface area contributed by atoms with Crippen LogP contribution in [0.25, 0.3) is 0 Å². The summed E-state index contributed by atoms with van der Waals surface area (Å²) in [6.45, 7) is 3.35. The first kappa shape index (κ1) is 11.6. The van der Waals surface area contributed by atoms with Gasteiger partial charge in [-0.05, 0) is 26.4 Å². The maximum Gasteiger partial charge on any atom is 0.0945 e. The van der Waals surface area contributed by atoms with E-state index in [9.17, 15) is 0 Å². The number of imidazole rings is 1. The minimum atomic E-state index is 0.689. The van der Waals surface area contributed by atoms with E-state index < -0.39 is 0 Å². The van der Waals surface area contributed by atoms with E-state index in [0.29, 0.717) is 6.04 Å². The maximum absolute atomic E-state index is 4.18. The van der Waals surface area contributed by atoms with Gasteiger partial charge in [-0.15, -0.1) is 0 Å². The molecule has 0 saturated carbocycles. The summed E-state index contributed by atoms with van der Waals surface area (Å²) in [6, 6.07) is 0.689. The molecular formula is C12H22N4. The van der Waals surface area contributed by atoms with Crippen LogP contribution in [-0.4, -0.2) is 40.6 Å². The van der Waals surface area contributed by atoms with Crippen molar-refractivity contribution >= 4 is 0 Å². The van der Waals surface area contributed by atoms with Crippen molar-refractivity contribution in [3.8, 4) is 0 Å². The van der Waals surface area contributed by atoms with E-state index in [1.807, 2.05) is 19.6 Å². The van der Waals surface area contributed by atoms with Crippen molar-refractivity contribution in [2.24, 2.45) is 7.05 Å². The molecule has 1 aliphatic rings. The minimum absolute atomic E-state index is 0.689. The van der Waals surface area contributed by atoms with Crippen LogP contribution in [0.5, 0.6) is 0 Å². The normalized spacial score (nSPS) is 22.5. The van der Waals surface area contributed by atoms with Crippen LogP contribution >= 0.6 is 0 Å². The Labute approximate surface area is 97.7 Å². The molecule has 16 heavy (non-hydrogen) atoms. The van der Waals surface area contributed by atoms with Crippen LogP contribution in [0.1, 0.15) is 25.0 Å². The molecule has 2 heterocycles. The third kappa shape index (κ3) is 2.62. The van der Waals surface area contributed by atoms with E-state index in [1.54, 1.807) is 0 Å². The molecule has 0 spiro atoms. The number of piperidine rings is 1. The van der Waals surface area contributed by atoms with Gasteiger partial charge in [0.15, 0.2) is 0 Å². The van der Waals surface area contributed by atoms with Gasteiger partial charge < -0.3 is 9.88 Å². The SMILES string of the molecule is CNCC1CCCCN1Cc1cncn1C. The van der Waals surface area contributed by atoms with Gasteiger partial charge >= 0.3 is 0 Å². The Kier molecular flexibility index (Phi) is 3.96. The summed E-state index contributed by atoms with van der Waals surface area (Å²) in [6.07, 6.45) is 7.88. The zero-order chi connectivity index (χ0) is 11.4. The van der Waals surface area contributed by atoms with Crippen LogP contribution in [0.3, 0.4) is 0 Å². The molecule has 1 fully saturated rings. The molecule has 4 nitrogen and oxygen atoms in total. The van der Waals surface area contributed by atoms with E-state index in [1.165, 1.54) is 31.5 Å². The molecule has 0 bridgehead atoms. The lowest BCUT2D eigenvalue weighted by atomic mass is 10.0. The number of likely N-dealkylation sites (N-methyl/N-ethyl adjacent to an activating group) is 1. The second-order valence-electron chi connectivity index (χ2n) is 4.67. The lowest BCUT2D eigenvalue weighted by Gasteiger charge is -2.35. The van der Waals surface area contributed by atoms with Gasteiger partial charge in [0, 0.05) is 32.4 Å². The van der Waals surface area contributed by atoms with Crippen molar-refractivity contribution in [3.05, 3.63) is 18.2 Å². The lowest BCUT2D eigenvalue weighted by molar-refractivity contribution is 0.136. The smallest absolute Gasteiger partial charge is 0.0945 e. The predicted octanol–water partition coefficient (Wildman–Crippen LogP) is 0.994. The summed E-state index contributed by atoms with van der Waals surface area (Å²) in [5.74, 6) is 0. The minimum Gasteiger partial charge on any atom is -0.337 e. The van der Waals surface area contributed by atoms with Gasteiger partial charge in [0.2, 0.25) is 0 Å². The first-order valence-electron chi connectivity index (χ1n) is 6.15. The molecule has 1 aromatic heterocycles. The molecule has 1 aliphatic heterocycles. The third-order valence-electron chi connectivity index (χ3n) is 3.47. The lowest BCUT2D eigenvalue weighted by Crippen LogP contribution is -2.44. The predicted molar refractivity (Wildman–Crippen MR) is 65.2 cm³/mol. The Hall–Kier alpha value is -0.870. The molecule has 0 amide bonds. The third-order valence-corrected chi connectivity index (χ3v) is 3.47. The highest BCUT2D eigenvalue weighted by Gasteiger charge is 2.22. The summed E-state index contributed by atoms with van der Waals surface area (Å²) < 4.78 is 2.12. The Morgan fingerprint density at radius 1 is 1.50 bits per heavy atom. The molecule has 1 unspecified atom stereocenters. The van der Waals surface area contributed by atoms with Crippen molar-refractivity contribution in [1.29, 1.82) is 0 Å². The molecule has 0 radical (unpaired) electrons. The molecule has 1 saturated heterocycles. The second kappa shape index (κ2) is 5.46. The van der Waals surface area contributed by atoms with E-state index in [2.05, 4.69) is 26.8 Å². The van der Waals surface area contributed by atoms with Gasteiger partial charge in [-0.25, -0.2) is 4.98 Å². The van der Waals surface area contributed by atoms with Crippen LogP contribution in [0.4, 0.5) is 0 Å². The monoisotopic (exact) mass is 222 g/mol. The molecule has 4 heteroatoms. The maximum atomic E-state index is 4.18. The molecular weight excluding hydrogens is 200 g/mol. The highest BCUT2D eigenvalue weighted by atomic mass is 15.2. The number of aryl methyl sites for hydroxylation is 1. The highest BCUT2D eigenvalue weighted by Crippen LogP contribution is 2.18. The summed E-state index contributed by atoms with van der Waals surface area (Å²) in [7, 11) is 4.11. The largest absolute Gasteiger partial charge is 0.337 e. The van der Waals surface area contributed by atoms with E-state index in [4.69, 9.17) is 0 Å². The van der Waals surface area contributed by atoms with Gasteiger partial charge in [-0.1, -0.05) is 6.42 Å². The van der Waals surface area contributed by atoms with Gasteiger partial charge in [0.05, 0.1) is 12.0 Å². The molecule has 1 N–H and O–H groups in total. The zero-order valence-electron chi connectivity index (χ0n) is 10.3. The van der Waals surface area contributed by atoms with E-state index >= 15 is 0 Å². The summed E-state index contributed by atoms with van der Waals surface area (Å²) in [5.41, 5.74) is 1.31. The molecule has 1 atom stereocenters. The van der Waals surface area contributed by atoms with Crippen molar-refractivity contribution in [2.45, 2.75) is 31.8 Å². The van der Waals surface area contributed by atoms with Gasteiger partial charge in [0.1, 0.15) is 0 Å². The molecule has 90 valence electrons. The summed E-state index contributed by atoms with van der Waals surface area (Å²) in [4.78, 5) is 6.76. The summed E-state index contributed by atoms with van der Waals surface area (Å²) in [5, 5.41) is 3.30.